The van der Waals surface area contributed by atoms with Gasteiger partial charge in [-0.2, -0.15) is 26.3 Å². The highest BCUT2D eigenvalue weighted by molar-refractivity contribution is 5.79. The Morgan fingerprint density at radius 2 is 1.64 bits per heavy atom. The summed E-state index contributed by atoms with van der Waals surface area (Å²) in [7, 11) is 2.90. The molecule has 2 aliphatic rings. The van der Waals surface area contributed by atoms with E-state index in [1.807, 2.05) is 30.3 Å². The highest BCUT2D eigenvalue weighted by atomic mass is 19.4. The average molecular weight is 516 g/mol. The van der Waals surface area contributed by atoms with E-state index in [-0.39, 0.29) is 23.6 Å². The Hall–Kier alpha value is -2.63. The largest absolute Gasteiger partial charge is 0.416 e. The van der Waals surface area contributed by atoms with Crippen molar-refractivity contribution in [2.45, 2.75) is 55.9 Å². The van der Waals surface area contributed by atoms with Crippen molar-refractivity contribution >= 4 is 5.91 Å². The predicted molar refractivity (Wildman–Crippen MR) is 117 cm³/mol. The second-order valence-electron chi connectivity index (χ2n) is 9.21. The number of nitrogens with one attached hydrogen (secondary N) is 1. The smallest absolute Gasteiger partial charge is 0.371 e. The van der Waals surface area contributed by atoms with Gasteiger partial charge in [0, 0.05) is 13.1 Å². The lowest BCUT2D eigenvalue weighted by molar-refractivity contribution is -0.173. The molecule has 196 valence electrons. The molecule has 11 heteroatoms. The van der Waals surface area contributed by atoms with Gasteiger partial charge in [-0.15, -0.1) is 0 Å². The minimum Gasteiger partial charge on any atom is -0.371 e. The molecule has 0 radical (unpaired) electrons. The van der Waals surface area contributed by atoms with Crippen LogP contribution in [0.2, 0.25) is 0 Å². The number of rotatable bonds is 6. The van der Waals surface area contributed by atoms with Gasteiger partial charge in [-0.3, -0.25) is 9.63 Å². The minimum absolute atomic E-state index is 0.0984. The maximum atomic E-state index is 13.3. The molecule has 2 aromatic rings. The molecule has 4 unspecified atom stereocenters. The Balaban J connectivity index is 1.64. The van der Waals surface area contributed by atoms with Gasteiger partial charge in [0.05, 0.1) is 42.4 Å². The number of carbonyl (C=O) groups excluding carboxylic acids is 1. The van der Waals surface area contributed by atoms with E-state index in [4.69, 9.17) is 9.57 Å². The van der Waals surface area contributed by atoms with Crippen LogP contribution in [0.4, 0.5) is 26.3 Å². The third-order valence-corrected chi connectivity index (χ3v) is 7.05. The molecule has 2 aromatic carbocycles. The molecule has 2 heterocycles. The van der Waals surface area contributed by atoms with Crippen molar-refractivity contribution < 1.29 is 40.7 Å². The van der Waals surface area contributed by atoms with E-state index < -0.39 is 47.6 Å². The Morgan fingerprint density at radius 1 is 1.03 bits per heavy atom. The fourth-order valence-electron chi connectivity index (χ4n) is 5.29. The van der Waals surface area contributed by atoms with Gasteiger partial charge in [0.2, 0.25) is 0 Å². The number of halogens is 6. The third kappa shape index (κ3) is 5.09. The first-order chi connectivity index (χ1) is 16.8. The quantitative estimate of drug-likeness (QED) is 0.419. The van der Waals surface area contributed by atoms with Crippen LogP contribution in [0, 0.1) is 5.92 Å². The van der Waals surface area contributed by atoms with Gasteiger partial charge in [0.25, 0.3) is 5.91 Å². The summed E-state index contributed by atoms with van der Waals surface area (Å²) >= 11 is 0. The molecular formula is C25H26F6N2O3. The zero-order valence-corrected chi connectivity index (χ0v) is 19.6. The van der Waals surface area contributed by atoms with E-state index in [0.717, 1.165) is 10.6 Å². The number of hydrogen-bond donors (Lipinski definition) is 1. The molecule has 4 rings (SSSR count). The van der Waals surface area contributed by atoms with Gasteiger partial charge in [-0.1, -0.05) is 30.3 Å². The highest BCUT2D eigenvalue weighted by Crippen LogP contribution is 2.48. The fourth-order valence-corrected chi connectivity index (χ4v) is 5.29. The molecule has 36 heavy (non-hydrogen) atoms. The van der Waals surface area contributed by atoms with Crippen LogP contribution in [0.15, 0.2) is 48.5 Å². The normalized spacial score (nSPS) is 26.2. The standard InChI is InChI=1S/C25H26F6N2O3/c1-33(35-2)22(34)19-13-23(16-6-4-3-5-7-16)21(9-8-20(19)32-23)36-14-15-10-17(24(26,27)28)12-18(11-15)25(29,30)31/h3-7,10-12,19-21,32H,8-9,13-14H2,1-2H3. The lowest BCUT2D eigenvalue weighted by Gasteiger charge is -2.42. The second-order valence-corrected chi connectivity index (χ2v) is 9.21. The van der Waals surface area contributed by atoms with Crippen LogP contribution >= 0.6 is 0 Å². The summed E-state index contributed by atoms with van der Waals surface area (Å²) in [5.74, 6) is -0.657. The molecule has 0 saturated carbocycles. The van der Waals surface area contributed by atoms with Crippen LogP contribution in [0.1, 0.15) is 41.5 Å². The Kier molecular flexibility index (Phi) is 7.11. The molecule has 4 atom stereocenters. The van der Waals surface area contributed by atoms with Crippen molar-refractivity contribution in [2.24, 2.45) is 5.92 Å². The Labute approximate surface area is 204 Å². The molecular weight excluding hydrogens is 490 g/mol. The summed E-state index contributed by atoms with van der Waals surface area (Å²) in [6, 6.07) is 10.5. The highest BCUT2D eigenvalue weighted by Gasteiger charge is 2.56. The summed E-state index contributed by atoms with van der Waals surface area (Å²) in [5, 5.41) is 4.66. The van der Waals surface area contributed by atoms with Crippen molar-refractivity contribution in [3.05, 3.63) is 70.8 Å². The predicted octanol–water partition coefficient (Wildman–Crippen LogP) is 5.30. The van der Waals surface area contributed by atoms with E-state index >= 15 is 0 Å². The summed E-state index contributed by atoms with van der Waals surface area (Å²) in [6.07, 6.45) is -9.11. The molecule has 2 bridgehead atoms. The van der Waals surface area contributed by atoms with Crippen molar-refractivity contribution in [3.63, 3.8) is 0 Å². The Bertz CT molecular complexity index is 1060. The lowest BCUT2D eigenvalue weighted by Crippen LogP contribution is -2.54. The summed E-state index contributed by atoms with van der Waals surface area (Å²) < 4.78 is 85.8. The molecule has 0 spiro atoms. The first kappa shape index (κ1) is 26.4. The number of alkyl halides is 6. The molecule has 2 aliphatic heterocycles. The second kappa shape index (κ2) is 9.68. The number of benzene rings is 2. The van der Waals surface area contributed by atoms with E-state index in [9.17, 15) is 31.1 Å². The zero-order valence-electron chi connectivity index (χ0n) is 19.6. The van der Waals surface area contributed by atoms with Gasteiger partial charge in [-0.25, -0.2) is 5.06 Å². The van der Waals surface area contributed by atoms with Crippen molar-refractivity contribution in [3.8, 4) is 0 Å². The molecule has 5 nitrogen and oxygen atoms in total. The number of hydrogen-bond acceptors (Lipinski definition) is 4. The zero-order chi connectivity index (χ0) is 26.3. The number of ether oxygens (including phenoxy) is 1. The van der Waals surface area contributed by atoms with Gasteiger partial charge in [0.1, 0.15) is 0 Å². The fraction of sp³-hybridized carbons (Fsp3) is 0.480. The Morgan fingerprint density at radius 3 is 2.19 bits per heavy atom. The molecule has 0 aromatic heterocycles. The molecule has 1 amide bonds. The SMILES string of the molecule is CON(C)C(=O)C1CC2(c3ccccc3)NC1CCC2OCc1cc(C(F)(F)F)cc(C(F)(F)F)c1. The lowest BCUT2D eigenvalue weighted by atomic mass is 9.80. The van der Waals surface area contributed by atoms with Crippen LogP contribution in [0.3, 0.4) is 0 Å². The summed E-state index contributed by atoms with van der Waals surface area (Å²) in [4.78, 5) is 18.0. The molecule has 2 fully saturated rings. The van der Waals surface area contributed by atoms with Crippen LogP contribution in [-0.2, 0) is 38.9 Å². The van der Waals surface area contributed by atoms with Gasteiger partial charge < -0.3 is 10.1 Å². The maximum Gasteiger partial charge on any atom is 0.416 e. The number of fused-ring (bicyclic) bond motifs is 2. The molecule has 1 N–H and O–H groups in total. The summed E-state index contributed by atoms with van der Waals surface area (Å²) in [6.45, 7) is -0.449. The van der Waals surface area contributed by atoms with E-state index in [1.165, 1.54) is 14.2 Å². The van der Waals surface area contributed by atoms with Crippen LogP contribution < -0.4 is 5.32 Å². The molecule has 2 saturated heterocycles. The number of amides is 1. The van der Waals surface area contributed by atoms with E-state index in [1.54, 1.807) is 0 Å². The first-order valence-corrected chi connectivity index (χ1v) is 11.4. The number of carbonyl (C=O) groups is 1. The minimum atomic E-state index is -4.94. The maximum absolute atomic E-state index is 13.3. The van der Waals surface area contributed by atoms with Gasteiger partial charge in [0.15, 0.2) is 0 Å². The van der Waals surface area contributed by atoms with Crippen LogP contribution in [-0.4, -0.2) is 37.3 Å². The number of nitrogens with zero attached hydrogens (tertiary/aromatic N) is 1. The van der Waals surface area contributed by atoms with Gasteiger partial charge in [-0.05, 0) is 48.6 Å². The van der Waals surface area contributed by atoms with Crippen LogP contribution in [0.25, 0.3) is 0 Å². The topological polar surface area (TPSA) is 50.8 Å². The monoisotopic (exact) mass is 516 g/mol. The summed E-state index contributed by atoms with van der Waals surface area (Å²) in [5.41, 5.74) is -3.01. The van der Waals surface area contributed by atoms with Gasteiger partial charge >= 0.3 is 12.4 Å². The number of hydroxylamine groups is 2. The van der Waals surface area contributed by atoms with Crippen molar-refractivity contribution in [2.75, 3.05) is 14.2 Å². The van der Waals surface area contributed by atoms with Crippen LogP contribution in [0.5, 0.6) is 0 Å². The first-order valence-electron chi connectivity index (χ1n) is 11.4. The molecule has 0 aliphatic carbocycles. The third-order valence-electron chi connectivity index (χ3n) is 7.05. The van der Waals surface area contributed by atoms with Crippen molar-refractivity contribution in [1.82, 2.24) is 10.4 Å². The average Bonchev–Trinajstić information content (AvgIpc) is 3.16. The number of piperidine rings is 1. The van der Waals surface area contributed by atoms with Crippen molar-refractivity contribution in [1.29, 1.82) is 0 Å². The van der Waals surface area contributed by atoms with E-state index in [2.05, 4.69) is 5.32 Å². The van der Waals surface area contributed by atoms with E-state index in [0.29, 0.717) is 31.4 Å².